The van der Waals surface area contributed by atoms with E-state index in [1.165, 1.54) is 0 Å². The summed E-state index contributed by atoms with van der Waals surface area (Å²) in [4.78, 5) is 38.2. The van der Waals surface area contributed by atoms with E-state index in [1.807, 2.05) is 13.8 Å². The van der Waals surface area contributed by atoms with Crippen molar-refractivity contribution in [2.75, 3.05) is 6.61 Å². The molecule has 0 amide bonds. The topological polar surface area (TPSA) is 91.7 Å². The van der Waals surface area contributed by atoms with Crippen LogP contribution >= 0.6 is 0 Å². The van der Waals surface area contributed by atoms with E-state index in [0.717, 1.165) is 12.0 Å². The van der Waals surface area contributed by atoms with Gasteiger partial charge in [0.25, 0.3) is 0 Å². The Hall–Kier alpha value is -1.33. The second-order valence-electron chi connectivity index (χ2n) is 10.4. The van der Waals surface area contributed by atoms with Gasteiger partial charge in [-0.25, -0.2) is 0 Å². The number of fused-ring (bicyclic) bond motifs is 5. The molecule has 3 fully saturated rings. The minimum absolute atomic E-state index is 0.0594. The number of hydrogen-bond acceptors (Lipinski definition) is 5. The number of ketones is 3. The summed E-state index contributed by atoms with van der Waals surface area (Å²) in [6, 6.07) is 0. The number of carbonyl (C=O) groups is 3. The van der Waals surface area contributed by atoms with Crippen molar-refractivity contribution in [2.24, 2.45) is 40.4 Å². The summed E-state index contributed by atoms with van der Waals surface area (Å²) in [5.41, 5.74) is -1.68. The lowest BCUT2D eigenvalue weighted by Crippen LogP contribution is -2.62. The number of carbonyl (C=O) groups excluding carboxylic acids is 3. The molecule has 0 aliphatic heterocycles. The van der Waals surface area contributed by atoms with E-state index in [4.69, 9.17) is 0 Å². The summed E-state index contributed by atoms with van der Waals surface area (Å²) in [6.45, 7) is 7.33. The Morgan fingerprint density at radius 3 is 2.54 bits per heavy atom. The maximum atomic E-state index is 13.5. The van der Waals surface area contributed by atoms with E-state index in [9.17, 15) is 24.6 Å². The number of hydrogen-bond donors (Lipinski definition) is 2. The van der Waals surface area contributed by atoms with Gasteiger partial charge >= 0.3 is 0 Å². The van der Waals surface area contributed by atoms with Crippen LogP contribution in [0.25, 0.3) is 0 Å². The van der Waals surface area contributed by atoms with Crippen LogP contribution in [-0.2, 0) is 14.4 Å². The van der Waals surface area contributed by atoms with E-state index in [1.54, 1.807) is 6.08 Å². The standard InChI is InChI=1S/C23H32O5/c1-12-7-15-17-8-13(2)23(28,19(27)11-24)22(17,4)10-18(26)20(15)21(3)6-5-14(25)9-16(12)21/h9,12-13,15,17,20,24,28H,5-8,10-11H2,1-4H3. The second-order valence-corrected chi connectivity index (χ2v) is 10.4. The lowest BCUT2D eigenvalue weighted by atomic mass is 9.44. The van der Waals surface area contributed by atoms with Crippen LogP contribution in [0.4, 0.5) is 0 Å². The Kier molecular flexibility index (Phi) is 4.34. The molecule has 154 valence electrons. The molecule has 4 aliphatic carbocycles. The van der Waals surface area contributed by atoms with Crippen molar-refractivity contribution in [1.29, 1.82) is 0 Å². The molecule has 28 heavy (non-hydrogen) atoms. The van der Waals surface area contributed by atoms with Crippen LogP contribution in [0.1, 0.15) is 59.8 Å². The van der Waals surface area contributed by atoms with Crippen molar-refractivity contribution in [3.63, 3.8) is 0 Å². The number of Topliss-reactive ketones (excluding diaryl/α,β-unsaturated/α-hetero) is 2. The van der Waals surface area contributed by atoms with E-state index in [-0.39, 0.29) is 53.0 Å². The first kappa shape index (κ1) is 20.0. The molecule has 0 radical (unpaired) electrons. The average Bonchev–Trinajstić information content (AvgIpc) is 2.83. The van der Waals surface area contributed by atoms with Crippen LogP contribution in [0.2, 0.25) is 0 Å². The molecular formula is C23H32O5. The summed E-state index contributed by atoms with van der Waals surface area (Å²) in [5, 5.41) is 21.0. The van der Waals surface area contributed by atoms with E-state index in [2.05, 4.69) is 13.8 Å². The van der Waals surface area contributed by atoms with Gasteiger partial charge in [0.15, 0.2) is 11.6 Å². The van der Waals surface area contributed by atoms with Gasteiger partial charge in [0.1, 0.15) is 18.0 Å². The van der Waals surface area contributed by atoms with Crippen LogP contribution in [0, 0.1) is 40.4 Å². The van der Waals surface area contributed by atoms with E-state index >= 15 is 0 Å². The van der Waals surface area contributed by atoms with Gasteiger partial charge in [0.05, 0.1) is 0 Å². The molecule has 0 bridgehead atoms. The van der Waals surface area contributed by atoms with Gasteiger partial charge in [-0.2, -0.15) is 0 Å². The molecule has 0 aromatic carbocycles. The molecule has 8 unspecified atom stereocenters. The molecule has 5 nitrogen and oxygen atoms in total. The van der Waals surface area contributed by atoms with Gasteiger partial charge in [0, 0.05) is 24.2 Å². The summed E-state index contributed by atoms with van der Waals surface area (Å²) >= 11 is 0. The first-order valence-corrected chi connectivity index (χ1v) is 10.6. The molecule has 0 saturated heterocycles. The highest BCUT2D eigenvalue weighted by molar-refractivity contribution is 5.94. The number of rotatable bonds is 2. The minimum Gasteiger partial charge on any atom is -0.388 e. The van der Waals surface area contributed by atoms with Crippen LogP contribution < -0.4 is 0 Å². The third-order valence-corrected chi connectivity index (χ3v) is 9.12. The molecule has 0 heterocycles. The van der Waals surface area contributed by atoms with E-state index in [0.29, 0.717) is 19.3 Å². The van der Waals surface area contributed by atoms with Crippen LogP contribution in [-0.4, -0.2) is 39.8 Å². The predicted molar refractivity (Wildman–Crippen MR) is 103 cm³/mol. The second kappa shape index (κ2) is 6.09. The molecule has 0 aromatic rings. The monoisotopic (exact) mass is 388 g/mol. The van der Waals surface area contributed by atoms with Gasteiger partial charge in [-0.3, -0.25) is 14.4 Å². The highest BCUT2D eigenvalue weighted by Gasteiger charge is 2.71. The molecule has 0 spiro atoms. The first-order chi connectivity index (χ1) is 13.0. The lowest BCUT2D eigenvalue weighted by Gasteiger charge is -2.59. The van der Waals surface area contributed by atoms with Crippen LogP contribution in [0.15, 0.2) is 11.6 Å². The highest BCUT2D eigenvalue weighted by atomic mass is 16.3. The Morgan fingerprint density at radius 1 is 1.21 bits per heavy atom. The number of allylic oxidation sites excluding steroid dienone is 1. The highest BCUT2D eigenvalue weighted by Crippen LogP contribution is 2.68. The molecule has 0 aromatic heterocycles. The van der Waals surface area contributed by atoms with Gasteiger partial charge < -0.3 is 10.2 Å². The summed E-state index contributed by atoms with van der Waals surface area (Å²) in [6.07, 6.45) is 4.63. The van der Waals surface area contributed by atoms with Crippen LogP contribution in [0.3, 0.4) is 0 Å². The van der Waals surface area contributed by atoms with Crippen molar-refractivity contribution in [2.45, 2.75) is 65.4 Å². The summed E-state index contributed by atoms with van der Waals surface area (Å²) < 4.78 is 0. The number of aliphatic hydroxyl groups excluding tert-OH is 1. The Morgan fingerprint density at radius 2 is 1.89 bits per heavy atom. The van der Waals surface area contributed by atoms with Crippen LogP contribution in [0.5, 0.6) is 0 Å². The normalized spacial score (nSPS) is 50.5. The summed E-state index contributed by atoms with van der Waals surface area (Å²) in [5.74, 6) is -0.372. The van der Waals surface area contributed by atoms with Crippen molar-refractivity contribution in [1.82, 2.24) is 0 Å². The fourth-order valence-electron chi connectivity index (χ4n) is 7.87. The SMILES string of the molecule is CC1CC2C(C(=O)CC3(C)C2CC(C)C3(O)C(=O)CO)C2(C)CCC(=O)C=C12. The van der Waals surface area contributed by atoms with Crippen molar-refractivity contribution in [3.05, 3.63) is 11.6 Å². The van der Waals surface area contributed by atoms with Gasteiger partial charge in [0.2, 0.25) is 0 Å². The third-order valence-electron chi connectivity index (χ3n) is 9.12. The molecule has 4 aliphatic rings. The van der Waals surface area contributed by atoms with Gasteiger partial charge in [-0.05, 0) is 54.4 Å². The molecule has 8 atom stereocenters. The van der Waals surface area contributed by atoms with Gasteiger partial charge in [-0.1, -0.05) is 33.3 Å². The van der Waals surface area contributed by atoms with Crippen molar-refractivity contribution >= 4 is 17.3 Å². The molecule has 4 rings (SSSR count). The van der Waals surface area contributed by atoms with Crippen molar-refractivity contribution in [3.8, 4) is 0 Å². The van der Waals surface area contributed by atoms with Crippen molar-refractivity contribution < 1.29 is 24.6 Å². The summed E-state index contributed by atoms with van der Waals surface area (Å²) in [7, 11) is 0. The lowest BCUT2D eigenvalue weighted by molar-refractivity contribution is -0.175. The minimum atomic E-state index is -1.66. The fourth-order valence-corrected chi connectivity index (χ4v) is 7.87. The molecule has 2 N–H and O–H groups in total. The third kappa shape index (κ3) is 2.23. The fraction of sp³-hybridized carbons (Fsp3) is 0.783. The predicted octanol–water partition coefficient (Wildman–Crippen LogP) is 2.48. The maximum Gasteiger partial charge on any atom is 0.190 e. The maximum absolute atomic E-state index is 13.5. The Balaban J connectivity index is 1.81. The van der Waals surface area contributed by atoms with E-state index < -0.39 is 23.4 Å². The quantitative estimate of drug-likeness (QED) is 0.758. The molecular weight excluding hydrogens is 356 g/mol. The number of aliphatic hydroxyl groups is 2. The zero-order chi connectivity index (χ0) is 20.6. The smallest absolute Gasteiger partial charge is 0.190 e. The first-order valence-electron chi connectivity index (χ1n) is 10.6. The average molecular weight is 389 g/mol. The van der Waals surface area contributed by atoms with Gasteiger partial charge in [-0.15, -0.1) is 0 Å². The zero-order valence-electron chi connectivity index (χ0n) is 17.3. The Labute approximate surface area is 166 Å². The Bertz CT molecular complexity index is 784. The largest absolute Gasteiger partial charge is 0.388 e. The molecule has 3 saturated carbocycles. The zero-order valence-corrected chi connectivity index (χ0v) is 17.3. The molecule has 5 heteroatoms.